The number of rotatable bonds is 4. The van der Waals surface area contributed by atoms with Crippen molar-refractivity contribution in [3.63, 3.8) is 0 Å². The molecule has 0 atom stereocenters. The highest BCUT2D eigenvalue weighted by molar-refractivity contribution is 6.35. The molecule has 1 amide bonds. The van der Waals surface area contributed by atoms with Gasteiger partial charge in [0.05, 0.1) is 12.2 Å². The average molecular weight is 403 g/mol. The first-order valence-electron chi connectivity index (χ1n) is 8.47. The van der Waals surface area contributed by atoms with Gasteiger partial charge in [-0.3, -0.25) is 14.5 Å². The Morgan fingerprint density at radius 3 is 2.44 bits per heavy atom. The standard InChI is InChI=1S/C20H20Cl2N4O/c1-20(2,3)18-11-17(19(27)24-15-6-8-23-9-7-15)26(25-18)12-13-4-5-14(21)10-16(13)22/h4-11H,12H2,1-3H3,(H,23,24,27). The zero-order valence-corrected chi connectivity index (χ0v) is 16.8. The molecular weight excluding hydrogens is 383 g/mol. The van der Waals surface area contributed by atoms with E-state index in [1.807, 2.05) is 12.1 Å². The summed E-state index contributed by atoms with van der Waals surface area (Å²) in [4.78, 5) is 16.8. The Morgan fingerprint density at radius 2 is 1.81 bits per heavy atom. The number of halogens is 2. The fourth-order valence-corrected chi connectivity index (χ4v) is 3.00. The van der Waals surface area contributed by atoms with Gasteiger partial charge in [0.1, 0.15) is 5.69 Å². The van der Waals surface area contributed by atoms with Gasteiger partial charge >= 0.3 is 0 Å². The first-order valence-corrected chi connectivity index (χ1v) is 9.23. The fraction of sp³-hybridized carbons (Fsp3) is 0.250. The lowest BCUT2D eigenvalue weighted by molar-refractivity contribution is 0.101. The molecule has 0 saturated carbocycles. The van der Waals surface area contributed by atoms with E-state index in [1.54, 1.807) is 41.3 Å². The number of carbonyl (C=O) groups is 1. The molecule has 140 valence electrons. The monoisotopic (exact) mass is 402 g/mol. The molecule has 0 bridgehead atoms. The number of aromatic nitrogens is 3. The molecule has 0 fully saturated rings. The van der Waals surface area contributed by atoms with Crippen molar-refractivity contribution in [3.8, 4) is 0 Å². The Balaban J connectivity index is 1.96. The van der Waals surface area contributed by atoms with Crippen LogP contribution >= 0.6 is 23.2 Å². The number of nitrogens with one attached hydrogen (secondary N) is 1. The zero-order valence-electron chi connectivity index (χ0n) is 15.3. The Labute approximate surface area is 168 Å². The molecule has 0 unspecified atom stereocenters. The van der Waals surface area contributed by atoms with Crippen molar-refractivity contribution in [2.75, 3.05) is 5.32 Å². The zero-order chi connectivity index (χ0) is 19.6. The second-order valence-electron chi connectivity index (χ2n) is 7.25. The van der Waals surface area contributed by atoms with E-state index in [-0.39, 0.29) is 11.3 Å². The van der Waals surface area contributed by atoms with Crippen molar-refractivity contribution in [1.29, 1.82) is 0 Å². The molecule has 27 heavy (non-hydrogen) atoms. The normalized spacial score (nSPS) is 11.4. The smallest absolute Gasteiger partial charge is 0.273 e. The van der Waals surface area contributed by atoms with Gasteiger partial charge in [-0.2, -0.15) is 5.10 Å². The second kappa shape index (κ2) is 7.71. The summed E-state index contributed by atoms with van der Waals surface area (Å²) in [7, 11) is 0. The maximum Gasteiger partial charge on any atom is 0.273 e. The summed E-state index contributed by atoms with van der Waals surface area (Å²) in [6, 6.07) is 10.6. The molecule has 1 N–H and O–H groups in total. The summed E-state index contributed by atoms with van der Waals surface area (Å²) >= 11 is 12.3. The summed E-state index contributed by atoms with van der Waals surface area (Å²) in [6.45, 7) is 6.53. The topological polar surface area (TPSA) is 59.8 Å². The molecule has 0 aliphatic rings. The average Bonchev–Trinajstić information content (AvgIpc) is 3.03. The van der Waals surface area contributed by atoms with E-state index in [4.69, 9.17) is 23.2 Å². The molecule has 3 rings (SSSR count). The van der Waals surface area contributed by atoms with Crippen molar-refractivity contribution in [3.05, 3.63) is 75.8 Å². The predicted molar refractivity (Wildman–Crippen MR) is 109 cm³/mol. The van der Waals surface area contributed by atoms with Crippen LogP contribution in [0.4, 0.5) is 5.69 Å². The van der Waals surface area contributed by atoms with Gasteiger partial charge in [0.2, 0.25) is 0 Å². The molecule has 5 nitrogen and oxygen atoms in total. The Morgan fingerprint density at radius 1 is 1.11 bits per heavy atom. The maximum atomic E-state index is 12.9. The molecule has 2 aromatic heterocycles. The molecule has 0 aliphatic carbocycles. The highest BCUT2D eigenvalue weighted by atomic mass is 35.5. The molecular formula is C20H20Cl2N4O. The summed E-state index contributed by atoms with van der Waals surface area (Å²) in [5, 5.41) is 8.64. The van der Waals surface area contributed by atoms with Gasteiger partial charge in [-0.25, -0.2) is 0 Å². The first kappa shape index (κ1) is 19.4. The number of carbonyl (C=O) groups excluding carboxylic acids is 1. The van der Waals surface area contributed by atoms with Gasteiger partial charge in [0.25, 0.3) is 5.91 Å². The van der Waals surface area contributed by atoms with Crippen LogP contribution < -0.4 is 5.32 Å². The number of amides is 1. The van der Waals surface area contributed by atoms with Gasteiger partial charge in [0, 0.05) is 33.5 Å². The lowest BCUT2D eigenvalue weighted by Gasteiger charge is -2.14. The Kier molecular flexibility index (Phi) is 5.53. The van der Waals surface area contributed by atoms with E-state index in [1.165, 1.54) is 0 Å². The van der Waals surface area contributed by atoms with E-state index in [9.17, 15) is 4.79 Å². The van der Waals surface area contributed by atoms with E-state index >= 15 is 0 Å². The van der Waals surface area contributed by atoms with Gasteiger partial charge in [-0.05, 0) is 35.9 Å². The van der Waals surface area contributed by atoms with Crippen LogP contribution in [0.3, 0.4) is 0 Å². The van der Waals surface area contributed by atoms with Crippen molar-refractivity contribution in [1.82, 2.24) is 14.8 Å². The first-order chi connectivity index (χ1) is 12.7. The molecule has 0 spiro atoms. The van der Waals surface area contributed by atoms with Crippen molar-refractivity contribution < 1.29 is 4.79 Å². The highest BCUT2D eigenvalue weighted by Gasteiger charge is 2.23. The molecule has 1 aromatic carbocycles. The van der Waals surface area contributed by atoms with E-state index in [0.717, 1.165) is 11.3 Å². The molecule has 2 heterocycles. The number of nitrogens with zero attached hydrogens (tertiary/aromatic N) is 3. The van der Waals surface area contributed by atoms with Gasteiger partial charge in [-0.15, -0.1) is 0 Å². The summed E-state index contributed by atoms with van der Waals surface area (Å²) in [5.41, 5.74) is 2.60. The number of anilines is 1. The van der Waals surface area contributed by atoms with Gasteiger partial charge in [0.15, 0.2) is 0 Å². The van der Waals surface area contributed by atoms with E-state index < -0.39 is 0 Å². The van der Waals surface area contributed by atoms with Crippen molar-refractivity contribution in [2.45, 2.75) is 32.7 Å². The van der Waals surface area contributed by atoms with Crippen LogP contribution in [0.25, 0.3) is 0 Å². The molecule has 0 saturated heterocycles. The number of benzene rings is 1. The van der Waals surface area contributed by atoms with Crippen molar-refractivity contribution in [2.24, 2.45) is 0 Å². The van der Waals surface area contributed by atoms with Crippen LogP contribution in [0, 0.1) is 0 Å². The lowest BCUT2D eigenvalue weighted by Crippen LogP contribution is -2.18. The SMILES string of the molecule is CC(C)(C)c1cc(C(=O)Nc2ccncc2)n(Cc2ccc(Cl)cc2Cl)n1. The molecule has 7 heteroatoms. The van der Waals surface area contributed by atoms with E-state index in [0.29, 0.717) is 28.0 Å². The predicted octanol–water partition coefficient (Wildman–Crippen LogP) is 5.18. The number of hydrogen-bond donors (Lipinski definition) is 1. The lowest BCUT2D eigenvalue weighted by atomic mass is 9.92. The molecule has 3 aromatic rings. The quantitative estimate of drug-likeness (QED) is 0.653. The molecule has 0 radical (unpaired) electrons. The van der Waals surface area contributed by atoms with Crippen molar-refractivity contribution >= 4 is 34.8 Å². The number of hydrogen-bond acceptors (Lipinski definition) is 3. The Bertz CT molecular complexity index is 962. The molecule has 0 aliphatic heterocycles. The minimum Gasteiger partial charge on any atom is -0.321 e. The highest BCUT2D eigenvalue weighted by Crippen LogP contribution is 2.25. The van der Waals surface area contributed by atoms with Crippen LogP contribution in [-0.2, 0) is 12.0 Å². The minimum atomic E-state index is -0.241. The third-order valence-corrected chi connectivity index (χ3v) is 4.64. The maximum absolute atomic E-state index is 12.9. The van der Waals surface area contributed by atoms with Crippen LogP contribution in [0.5, 0.6) is 0 Å². The minimum absolute atomic E-state index is 0.194. The Hall–Kier alpha value is -2.37. The third kappa shape index (κ3) is 4.67. The number of pyridine rings is 1. The second-order valence-corrected chi connectivity index (χ2v) is 8.09. The van der Waals surface area contributed by atoms with Crippen LogP contribution in [-0.4, -0.2) is 20.7 Å². The van der Waals surface area contributed by atoms with Crippen LogP contribution in [0.2, 0.25) is 10.0 Å². The van der Waals surface area contributed by atoms with Gasteiger partial charge < -0.3 is 5.32 Å². The largest absolute Gasteiger partial charge is 0.321 e. The third-order valence-electron chi connectivity index (χ3n) is 4.05. The summed E-state index contributed by atoms with van der Waals surface area (Å²) < 4.78 is 1.67. The van der Waals surface area contributed by atoms with Gasteiger partial charge in [-0.1, -0.05) is 50.0 Å². The summed E-state index contributed by atoms with van der Waals surface area (Å²) in [6.07, 6.45) is 3.25. The summed E-state index contributed by atoms with van der Waals surface area (Å²) in [5.74, 6) is -0.241. The van der Waals surface area contributed by atoms with Crippen LogP contribution in [0.15, 0.2) is 48.8 Å². The van der Waals surface area contributed by atoms with Crippen LogP contribution in [0.1, 0.15) is 42.5 Å². The van der Waals surface area contributed by atoms with E-state index in [2.05, 4.69) is 36.2 Å². The fourth-order valence-electron chi connectivity index (χ4n) is 2.53.